The second-order valence-corrected chi connectivity index (χ2v) is 18.3. The minimum atomic E-state index is -0.862. The number of benzene rings is 2. The minimum Gasteiger partial charge on any atom is -0.342 e. The molecule has 5 amide bonds. The molecule has 2 aromatic carbocycles. The topological polar surface area (TPSA) is 131 Å². The maximum atomic E-state index is 14.5. The summed E-state index contributed by atoms with van der Waals surface area (Å²) in [6.07, 6.45) is 4.44. The van der Waals surface area contributed by atoms with E-state index in [0.717, 1.165) is 35.2 Å². The van der Waals surface area contributed by atoms with Crippen LogP contribution < -0.4 is 16.0 Å². The van der Waals surface area contributed by atoms with Crippen LogP contribution in [-0.4, -0.2) is 102 Å². The molecular formula is C46H68N6O5. The molecule has 2 fully saturated rings. The van der Waals surface area contributed by atoms with E-state index in [1.807, 2.05) is 92.6 Å². The van der Waals surface area contributed by atoms with Crippen molar-refractivity contribution < 1.29 is 24.0 Å². The predicted octanol–water partition coefficient (Wildman–Crippen LogP) is 5.43. The van der Waals surface area contributed by atoms with Gasteiger partial charge in [0.15, 0.2) is 0 Å². The first-order chi connectivity index (χ1) is 26.7. The molecule has 0 unspecified atom stereocenters. The highest BCUT2D eigenvalue weighted by Crippen LogP contribution is 2.31. The van der Waals surface area contributed by atoms with Crippen molar-refractivity contribution in [2.24, 2.45) is 11.3 Å². The lowest BCUT2D eigenvalue weighted by molar-refractivity contribution is -0.141. The third-order valence-electron chi connectivity index (χ3n) is 11.8. The maximum absolute atomic E-state index is 14.5. The van der Waals surface area contributed by atoms with Gasteiger partial charge < -0.3 is 20.4 Å². The first-order valence-corrected chi connectivity index (χ1v) is 20.6. The fraction of sp³-hybridized carbons (Fsp3) is 0.587. The van der Waals surface area contributed by atoms with Gasteiger partial charge in [0.05, 0.1) is 18.1 Å². The summed E-state index contributed by atoms with van der Waals surface area (Å²) in [4.78, 5) is 74.9. The number of carbonyl (C=O) groups is 5. The number of hydrogen-bond donors (Lipinski definition) is 3. The summed E-state index contributed by atoms with van der Waals surface area (Å²) in [6.45, 7) is 21.4. The molecule has 0 radical (unpaired) electrons. The number of aryl methyl sites for hydroxylation is 2. The van der Waals surface area contributed by atoms with E-state index in [2.05, 4.69) is 39.0 Å². The molecule has 2 aliphatic rings. The maximum Gasteiger partial charge on any atom is 0.249 e. The summed E-state index contributed by atoms with van der Waals surface area (Å²) in [5.74, 6) is -1.70. The van der Waals surface area contributed by atoms with Crippen LogP contribution >= 0.6 is 0 Å². The van der Waals surface area contributed by atoms with E-state index < -0.39 is 46.9 Å². The first-order valence-electron chi connectivity index (χ1n) is 20.6. The van der Waals surface area contributed by atoms with Gasteiger partial charge in [-0.2, -0.15) is 0 Å². The van der Waals surface area contributed by atoms with Gasteiger partial charge in [0, 0.05) is 31.1 Å². The van der Waals surface area contributed by atoms with Crippen LogP contribution in [0.15, 0.2) is 60.2 Å². The highest BCUT2D eigenvalue weighted by molar-refractivity contribution is 6.03. The number of likely N-dealkylation sites (tertiary alicyclic amines) is 2. The molecule has 57 heavy (non-hydrogen) atoms. The molecule has 0 bridgehead atoms. The zero-order valence-corrected chi connectivity index (χ0v) is 36.5. The lowest BCUT2D eigenvalue weighted by Gasteiger charge is -2.40. The lowest BCUT2D eigenvalue weighted by Crippen LogP contribution is -2.61. The predicted molar refractivity (Wildman–Crippen MR) is 226 cm³/mol. The molecule has 2 aromatic rings. The van der Waals surface area contributed by atoms with Gasteiger partial charge in [0.2, 0.25) is 29.5 Å². The minimum absolute atomic E-state index is 0.0768. The number of nitrogens with zero attached hydrogens (tertiary/aromatic N) is 3. The highest BCUT2D eigenvalue weighted by atomic mass is 16.2. The fourth-order valence-electron chi connectivity index (χ4n) is 8.56. The van der Waals surface area contributed by atoms with Crippen molar-refractivity contribution in [2.75, 3.05) is 27.2 Å². The normalized spacial score (nSPS) is 19.6. The molecule has 0 aromatic heterocycles. The Bertz CT molecular complexity index is 1780. The molecule has 11 nitrogen and oxygen atoms in total. The number of amides is 5. The summed E-state index contributed by atoms with van der Waals surface area (Å²) < 4.78 is 0. The van der Waals surface area contributed by atoms with E-state index in [0.29, 0.717) is 37.9 Å². The van der Waals surface area contributed by atoms with E-state index in [-0.39, 0.29) is 29.5 Å². The third kappa shape index (κ3) is 11.0. The summed E-state index contributed by atoms with van der Waals surface area (Å²) >= 11 is 0. The van der Waals surface area contributed by atoms with Crippen molar-refractivity contribution in [3.05, 3.63) is 82.4 Å². The zero-order valence-electron chi connectivity index (χ0n) is 36.5. The van der Waals surface area contributed by atoms with E-state index in [9.17, 15) is 24.0 Å². The Morgan fingerprint density at radius 3 is 2.02 bits per heavy atom. The Morgan fingerprint density at radius 1 is 0.860 bits per heavy atom. The Labute approximate surface area is 341 Å². The van der Waals surface area contributed by atoms with Gasteiger partial charge in [-0.25, -0.2) is 0 Å². The van der Waals surface area contributed by atoms with Crippen LogP contribution in [-0.2, 0) is 35.9 Å². The van der Waals surface area contributed by atoms with Crippen molar-refractivity contribution in [1.82, 2.24) is 30.7 Å². The van der Waals surface area contributed by atoms with Crippen LogP contribution in [0.4, 0.5) is 0 Å². The van der Waals surface area contributed by atoms with Gasteiger partial charge >= 0.3 is 0 Å². The molecule has 5 atom stereocenters. The second-order valence-electron chi connectivity index (χ2n) is 18.3. The van der Waals surface area contributed by atoms with Crippen LogP contribution in [0.2, 0.25) is 0 Å². The molecule has 312 valence electrons. The number of imide groups is 1. The number of likely N-dealkylation sites (N-methyl/N-ethyl adjacent to an activating group) is 2. The first kappa shape index (κ1) is 45.4. The van der Waals surface area contributed by atoms with Crippen LogP contribution in [0, 0.1) is 25.2 Å². The molecule has 0 spiro atoms. The van der Waals surface area contributed by atoms with Crippen molar-refractivity contribution in [1.29, 1.82) is 0 Å². The largest absolute Gasteiger partial charge is 0.342 e. The van der Waals surface area contributed by atoms with Crippen LogP contribution in [0.25, 0.3) is 0 Å². The smallest absolute Gasteiger partial charge is 0.249 e. The Kier molecular flexibility index (Phi) is 15.1. The average Bonchev–Trinajstić information content (AvgIpc) is 3.82. The average molecular weight is 785 g/mol. The number of nitrogens with one attached hydrogen (secondary N) is 3. The van der Waals surface area contributed by atoms with E-state index >= 15 is 0 Å². The Hall–Kier alpha value is -4.35. The lowest BCUT2D eigenvalue weighted by atomic mass is 9.76. The SMILES string of the molecule is CN[C@H](C(=O)N[C@H](C(=O)N(C)[C@H](/C=C(\C)C(=O)N1CCC[C@H]1C(=O)NC(=O)[C@@H]1CCCN1Cc1ccccc1)C(C)C)C(C)(C)C)C(C)(C)c1cc(C)cc(C)c1. The summed E-state index contributed by atoms with van der Waals surface area (Å²) in [7, 11) is 3.47. The molecule has 0 aliphatic carbocycles. The van der Waals surface area contributed by atoms with Gasteiger partial charge in [-0.15, -0.1) is 0 Å². The van der Waals surface area contributed by atoms with Crippen molar-refractivity contribution in [3.8, 4) is 0 Å². The third-order valence-corrected chi connectivity index (χ3v) is 11.8. The number of hydrogen-bond acceptors (Lipinski definition) is 7. The molecule has 3 N–H and O–H groups in total. The van der Waals surface area contributed by atoms with Crippen LogP contribution in [0.5, 0.6) is 0 Å². The molecule has 2 saturated heterocycles. The zero-order chi connectivity index (χ0) is 42.4. The van der Waals surface area contributed by atoms with Crippen molar-refractivity contribution in [2.45, 2.75) is 137 Å². The van der Waals surface area contributed by atoms with Crippen molar-refractivity contribution >= 4 is 29.5 Å². The van der Waals surface area contributed by atoms with Crippen LogP contribution in [0.3, 0.4) is 0 Å². The van der Waals surface area contributed by atoms with E-state index in [4.69, 9.17) is 0 Å². The fourth-order valence-corrected chi connectivity index (χ4v) is 8.56. The summed E-state index contributed by atoms with van der Waals surface area (Å²) in [5.41, 5.74) is 3.55. The van der Waals surface area contributed by atoms with Gasteiger partial charge in [-0.1, -0.05) is 114 Å². The number of carbonyl (C=O) groups excluding carboxylic acids is 5. The monoisotopic (exact) mass is 785 g/mol. The number of rotatable bonds is 14. The summed E-state index contributed by atoms with van der Waals surface area (Å²) in [6, 6.07) is 13.1. The van der Waals surface area contributed by atoms with Crippen molar-refractivity contribution in [3.63, 3.8) is 0 Å². The van der Waals surface area contributed by atoms with Gasteiger partial charge in [0.1, 0.15) is 12.1 Å². The molecule has 0 saturated carbocycles. The molecule has 2 heterocycles. The Morgan fingerprint density at radius 2 is 1.44 bits per heavy atom. The van der Waals surface area contributed by atoms with Gasteiger partial charge in [0.25, 0.3) is 0 Å². The van der Waals surface area contributed by atoms with E-state index in [1.54, 1.807) is 36.9 Å². The highest BCUT2D eigenvalue weighted by Gasteiger charge is 2.43. The second kappa shape index (κ2) is 18.9. The molecule has 2 aliphatic heterocycles. The molecular weight excluding hydrogens is 717 g/mol. The Balaban J connectivity index is 1.47. The van der Waals surface area contributed by atoms with Gasteiger partial charge in [-0.05, 0) is 82.5 Å². The standard InChI is InChI=1S/C46H68N6O5/c1-29(2)37(50(12)44(57)39(45(6,7)8)48-42(55)38(47-11)46(9,10)34-25-30(3)24-31(4)26-34)27-32(5)43(56)52-23-17-21-36(52)41(54)49-40(53)35-20-16-22-51(35)28-33-18-14-13-15-19-33/h13-15,18-19,24-27,29,35-39,47H,16-17,20-23,28H2,1-12H3,(H,48,55)(H,49,53,54)/b32-27+/t35-,36-,37+,38+,39+/m0/s1. The quantitative estimate of drug-likeness (QED) is 0.172. The van der Waals surface area contributed by atoms with E-state index in [1.165, 1.54) is 0 Å². The van der Waals surface area contributed by atoms with Crippen LogP contribution in [0.1, 0.15) is 103 Å². The van der Waals surface area contributed by atoms with Gasteiger partial charge in [-0.3, -0.25) is 34.2 Å². The molecule has 11 heteroatoms. The molecule has 4 rings (SSSR count). The summed E-state index contributed by atoms with van der Waals surface area (Å²) in [5, 5.41) is 8.98.